The Morgan fingerprint density at radius 2 is 2.16 bits per heavy atom. The predicted octanol–water partition coefficient (Wildman–Crippen LogP) is 1.62. The van der Waals surface area contributed by atoms with E-state index in [9.17, 15) is 4.79 Å². The third kappa shape index (κ3) is 2.19. The number of amidine groups is 1. The Kier molecular flexibility index (Phi) is 2.94. The lowest BCUT2D eigenvalue weighted by Gasteiger charge is -2.15. The van der Waals surface area contributed by atoms with Crippen LogP contribution in [0, 0.1) is 0 Å². The largest absolute Gasteiger partial charge is 0.489 e. The van der Waals surface area contributed by atoms with E-state index in [1.54, 1.807) is 12.1 Å². The van der Waals surface area contributed by atoms with Crippen LogP contribution in [0.15, 0.2) is 17.1 Å². The molecule has 0 aromatic heterocycles. The second-order valence-electron chi connectivity index (χ2n) is 4.30. The topological polar surface area (TPSA) is 85.9 Å². The Morgan fingerprint density at radius 1 is 1.37 bits per heavy atom. The molecule has 100 valence electrons. The maximum atomic E-state index is 11.2. The highest BCUT2D eigenvalue weighted by atomic mass is 35.5. The van der Waals surface area contributed by atoms with E-state index in [-0.39, 0.29) is 5.84 Å². The van der Waals surface area contributed by atoms with E-state index in [0.29, 0.717) is 29.7 Å². The summed E-state index contributed by atoms with van der Waals surface area (Å²) >= 11 is 6.18. The zero-order chi connectivity index (χ0) is 13.4. The molecule has 1 atom stereocenters. The van der Waals surface area contributed by atoms with Crippen molar-refractivity contribution in [1.82, 2.24) is 5.32 Å². The van der Waals surface area contributed by atoms with Gasteiger partial charge in [-0.1, -0.05) is 11.6 Å². The number of carbonyl (C=O) groups is 1. The predicted molar refractivity (Wildman–Crippen MR) is 70.0 cm³/mol. The van der Waals surface area contributed by atoms with Crippen LogP contribution in [0.2, 0.25) is 5.02 Å². The van der Waals surface area contributed by atoms with Crippen LogP contribution in [0.1, 0.15) is 18.0 Å². The molecule has 3 rings (SSSR count). The zero-order valence-corrected chi connectivity index (χ0v) is 10.7. The molecule has 2 aliphatic heterocycles. The van der Waals surface area contributed by atoms with E-state index in [1.807, 2.05) is 0 Å². The number of aliphatic imine (C=N–C) groups is 1. The third-order valence-corrected chi connectivity index (χ3v) is 3.23. The monoisotopic (exact) mass is 281 g/mol. The van der Waals surface area contributed by atoms with Crippen molar-refractivity contribution in [3.63, 3.8) is 0 Å². The van der Waals surface area contributed by atoms with E-state index in [1.165, 1.54) is 0 Å². The SMILES string of the molecule is NC1=NC(=O)NC1c1cc(Cl)c2c(c1)OCCCO2. The number of nitrogens with one attached hydrogen (secondary N) is 1. The molecule has 2 heterocycles. The normalized spacial score (nSPS) is 21.6. The van der Waals surface area contributed by atoms with Crippen LogP contribution in [-0.4, -0.2) is 25.1 Å². The molecule has 0 radical (unpaired) electrons. The number of hydrogen-bond donors (Lipinski definition) is 2. The van der Waals surface area contributed by atoms with Crippen LogP contribution in [0.25, 0.3) is 0 Å². The number of urea groups is 1. The van der Waals surface area contributed by atoms with Gasteiger partial charge in [-0.2, -0.15) is 4.99 Å². The summed E-state index contributed by atoms with van der Waals surface area (Å²) in [5.41, 5.74) is 6.43. The highest BCUT2D eigenvalue weighted by Crippen LogP contribution is 2.39. The Balaban J connectivity index is 2.00. The van der Waals surface area contributed by atoms with Crippen LogP contribution >= 0.6 is 11.6 Å². The number of fused-ring (bicyclic) bond motifs is 1. The number of benzene rings is 1. The first-order valence-electron chi connectivity index (χ1n) is 5.89. The van der Waals surface area contributed by atoms with E-state index >= 15 is 0 Å². The number of amides is 2. The average Bonchev–Trinajstić information content (AvgIpc) is 2.59. The molecule has 1 aromatic rings. The minimum atomic E-state index is -0.470. The Bertz CT molecular complexity index is 574. The van der Waals surface area contributed by atoms with Gasteiger partial charge in [-0.25, -0.2) is 4.79 Å². The molecule has 0 fully saturated rings. The molecule has 0 aliphatic carbocycles. The molecule has 0 saturated heterocycles. The minimum absolute atomic E-state index is 0.218. The van der Waals surface area contributed by atoms with E-state index in [0.717, 1.165) is 12.0 Å². The fourth-order valence-electron chi connectivity index (χ4n) is 2.08. The Hall–Kier alpha value is -1.95. The van der Waals surface area contributed by atoms with Gasteiger partial charge in [0, 0.05) is 6.42 Å². The summed E-state index contributed by atoms with van der Waals surface area (Å²) in [5, 5.41) is 3.08. The van der Waals surface area contributed by atoms with Crippen molar-refractivity contribution in [3.8, 4) is 11.5 Å². The maximum Gasteiger partial charge on any atom is 0.343 e. The highest BCUT2D eigenvalue weighted by molar-refractivity contribution is 6.32. The fraction of sp³-hybridized carbons (Fsp3) is 0.333. The summed E-state index contributed by atoms with van der Waals surface area (Å²) in [5.74, 6) is 1.31. The van der Waals surface area contributed by atoms with Crippen molar-refractivity contribution in [3.05, 3.63) is 22.7 Å². The quantitative estimate of drug-likeness (QED) is 0.819. The molecule has 0 spiro atoms. The zero-order valence-electron chi connectivity index (χ0n) is 9.98. The standard InChI is InChI=1S/C12H12ClN3O3/c13-7-4-6(9-11(14)16-12(17)15-9)5-8-10(7)19-3-1-2-18-8/h4-5,9H,1-3H2,(H3,14,15,16,17). The van der Waals surface area contributed by atoms with Gasteiger partial charge in [0.1, 0.15) is 11.9 Å². The van der Waals surface area contributed by atoms with Crippen molar-refractivity contribution in [1.29, 1.82) is 0 Å². The molecular weight excluding hydrogens is 270 g/mol. The molecule has 2 amide bonds. The first kappa shape index (κ1) is 12.1. The summed E-state index contributed by atoms with van der Waals surface area (Å²) in [7, 11) is 0. The number of ether oxygens (including phenoxy) is 2. The first-order valence-corrected chi connectivity index (χ1v) is 6.26. The first-order chi connectivity index (χ1) is 9.15. The molecule has 6 nitrogen and oxygen atoms in total. The van der Waals surface area contributed by atoms with Crippen LogP contribution in [0.4, 0.5) is 4.79 Å². The average molecular weight is 282 g/mol. The summed E-state index contributed by atoms with van der Waals surface area (Å²) in [6.45, 7) is 1.13. The van der Waals surface area contributed by atoms with Crippen molar-refractivity contribution < 1.29 is 14.3 Å². The number of nitrogens with zero attached hydrogens (tertiary/aromatic N) is 1. The number of hydrogen-bond acceptors (Lipinski definition) is 4. The lowest BCUT2D eigenvalue weighted by atomic mass is 10.1. The smallest absolute Gasteiger partial charge is 0.343 e. The van der Waals surface area contributed by atoms with Crippen molar-refractivity contribution in [2.45, 2.75) is 12.5 Å². The Labute approximate surface area is 114 Å². The van der Waals surface area contributed by atoms with Gasteiger partial charge in [-0.3, -0.25) is 0 Å². The minimum Gasteiger partial charge on any atom is -0.489 e. The van der Waals surface area contributed by atoms with E-state index in [2.05, 4.69) is 10.3 Å². The summed E-state index contributed by atoms with van der Waals surface area (Å²) in [6, 6.07) is 2.55. The summed E-state index contributed by atoms with van der Waals surface area (Å²) in [6.07, 6.45) is 0.796. The maximum absolute atomic E-state index is 11.2. The molecule has 2 aliphatic rings. The van der Waals surface area contributed by atoms with Gasteiger partial charge in [0.2, 0.25) is 0 Å². The van der Waals surface area contributed by atoms with Crippen molar-refractivity contribution in [2.75, 3.05) is 13.2 Å². The molecule has 1 aromatic carbocycles. The molecule has 7 heteroatoms. The van der Waals surface area contributed by atoms with Gasteiger partial charge in [-0.15, -0.1) is 0 Å². The van der Waals surface area contributed by atoms with Crippen LogP contribution < -0.4 is 20.5 Å². The lowest BCUT2D eigenvalue weighted by Crippen LogP contribution is -2.27. The number of nitrogens with two attached hydrogens (primary N) is 1. The van der Waals surface area contributed by atoms with Crippen molar-refractivity contribution >= 4 is 23.5 Å². The molecule has 0 saturated carbocycles. The number of halogens is 1. The van der Waals surface area contributed by atoms with E-state index in [4.69, 9.17) is 26.8 Å². The van der Waals surface area contributed by atoms with Crippen LogP contribution in [-0.2, 0) is 0 Å². The molecular formula is C12H12ClN3O3. The van der Waals surface area contributed by atoms with Crippen LogP contribution in [0.5, 0.6) is 11.5 Å². The van der Waals surface area contributed by atoms with Gasteiger partial charge >= 0.3 is 6.03 Å². The van der Waals surface area contributed by atoms with Gasteiger partial charge in [0.05, 0.1) is 18.2 Å². The summed E-state index contributed by atoms with van der Waals surface area (Å²) in [4.78, 5) is 14.8. The number of carbonyl (C=O) groups excluding carboxylic acids is 1. The van der Waals surface area contributed by atoms with Crippen LogP contribution in [0.3, 0.4) is 0 Å². The Morgan fingerprint density at radius 3 is 2.89 bits per heavy atom. The number of rotatable bonds is 1. The van der Waals surface area contributed by atoms with Gasteiger partial charge in [0.15, 0.2) is 11.5 Å². The highest BCUT2D eigenvalue weighted by Gasteiger charge is 2.27. The van der Waals surface area contributed by atoms with Gasteiger partial charge < -0.3 is 20.5 Å². The van der Waals surface area contributed by atoms with Crippen molar-refractivity contribution in [2.24, 2.45) is 10.7 Å². The fourth-order valence-corrected chi connectivity index (χ4v) is 2.36. The second kappa shape index (κ2) is 4.62. The van der Waals surface area contributed by atoms with Gasteiger partial charge in [-0.05, 0) is 17.7 Å². The molecule has 3 N–H and O–H groups in total. The molecule has 1 unspecified atom stereocenters. The van der Waals surface area contributed by atoms with E-state index < -0.39 is 12.1 Å². The second-order valence-corrected chi connectivity index (χ2v) is 4.71. The molecule has 0 bridgehead atoms. The molecule has 19 heavy (non-hydrogen) atoms. The lowest BCUT2D eigenvalue weighted by molar-refractivity contribution is 0.250. The van der Waals surface area contributed by atoms with Gasteiger partial charge in [0.25, 0.3) is 0 Å². The summed E-state index contributed by atoms with van der Waals surface area (Å²) < 4.78 is 11.1. The third-order valence-electron chi connectivity index (χ3n) is 2.95.